The predicted octanol–water partition coefficient (Wildman–Crippen LogP) is 4.36. The highest BCUT2D eigenvalue weighted by atomic mass is 35.5. The Morgan fingerprint density at radius 2 is 1.93 bits per heavy atom. The molecule has 4 rings (SSSR count). The maximum atomic E-state index is 13.3. The summed E-state index contributed by atoms with van der Waals surface area (Å²) >= 11 is 12.5. The number of fused-ring (bicyclic) bond motifs is 1. The van der Waals surface area contributed by atoms with E-state index in [1.807, 2.05) is 6.07 Å². The maximum Gasteiger partial charge on any atom is 0.346 e. The van der Waals surface area contributed by atoms with Gasteiger partial charge in [0.05, 0.1) is 30.0 Å². The normalized spacial score (nSPS) is 23.5. The molecule has 1 aliphatic heterocycles. The first-order valence-electron chi connectivity index (χ1n) is 12.8. The van der Waals surface area contributed by atoms with Gasteiger partial charge in [-0.3, -0.25) is 14.2 Å². The van der Waals surface area contributed by atoms with Crippen molar-refractivity contribution in [2.75, 3.05) is 13.2 Å². The number of carbonyl (C=O) groups excluding carboxylic acids is 3. The number of ether oxygens (including phenoxy) is 4. The first kappa shape index (κ1) is 30.5. The first-order valence-corrected chi connectivity index (χ1v) is 13.6. The van der Waals surface area contributed by atoms with Crippen LogP contribution < -0.4 is 0 Å². The SMILES string of the molecule is C#C[C@@]1(C)[C@@H](COC(Cc2ccccc2)(C(C)=O)C(=O)OCC)O[C@@H](n2cnc3c(Cl)cc(Cl)nc32)[C@@H]1OC(C)=O. The highest BCUT2D eigenvalue weighted by molar-refractivity contribution is 6.37. The van der Waals surface area contributed by atoms with E-state index in [2.05, 4.69) is 15.9 Å². The Bertz CT molecular complexity index is 1510. The van der Waals surface area contributed by atoms with Crippen LogP contribution in [-0.4, -0.2) is 63.3 Å². The van der Waals surface area contributed by atoms with Crippen LogP contribution in [0.2, 0.25) is 10.2 Å². The lowest BCUT2D eigenvalue weighted by atomic mass is 9.81. The fourth-order valence-electron chi connectivity index (χ4n) is 4.85. The second kappa shape index (κ2) is 12.2. The molecule has 0 radical (unpaired) electrons. The van der Waals surface area contributed by atoms with Gasteiger partial charge in [-0.2, -0.15) is 0 Å². The van der Waals surface area contributed by atoms with Gasteiger partial charge in [-0.25, -0.2) is 14.8 Å². The lowest BCUT2D eigenvalue weighted by Gasteiger charge is -2.33. The van der Waals surface area contributed by atoms with E-state index in [1.165, 1.54) is 30.8 Å². The molecule has 3 heterocycles. The Kier molecular flexibility index (Phi) is 9.04. The lowest BCUT2D eigenvalue weighted by molar-refractivity contribution is -0.182. The topological polar surface area (TPSA) is 119 Å². The van der Waals surface area contributed by atoms with E-state index in [4.69, 9.17) is 48.6 Å². The summed E-state index contributed by atoms with van der Waals surface area (Å²) < 4.78 is 25.0. The van der Waals surface area contributed by atoms with E-state index >= 15 is 0 Å². The molecule has 0 aliphatic carbocycles. The molecule has 12 heteroatoms. The molecule has 3 aromatic rings. The average molecular weight is 602 g/mol. The molecule has 0 N–H and O–H groups in total. The monoisotopic (exact) mass is 601 g/mol. The Morgan fingerprint density at radius 1 is 1.22 bits per heavy atom. The number of rotatable bonds is 10. The molecule has 1 fully saturated rings. The third-order valence-electron chi connectivity index (χ3n) is 7.10. The second-order valence-corrected chi connectivity index (χ2v) is 10.6. The van der Waals surface area contributed by atoms with Gasteiger partial charge in [0.2, 0.25) is 5.60 Å². The molecule has 0 spiro atoms. The summed E-state index contributed by atoms with van der Waals surface area (Å²) in [5, 5.41) is 0.384. The van der Waals surface area contributed by atoms with Crippen molar-refractivity contribution in [1.29, 1.82) is 0 Å². The largest absolute Gasteiger partial charge is 0.463 e. The van der Waals surface area contributed by atoms with Crippen molar-refractivity contribution in [3.63, 3.8) is 0 Å². The molecule has 10 nitrogen and oxygen atoms in total. The van der Waals surface area contributed by atoms with Gasteiger partial charge in [0.25, 0.3) is 0 Å². The van der Waals surface area contributed by atoms with Crippen molar-refractivity contribution in [2.45, 2.75) is 58.2 Å². The molecule has 0 saturated carbocycles. The molecular weight excluding hydrogens is 573 g/mol. The van der Waals surface area contributed by atoms with Gasteiger partial charge in [-0.15, -0.1) is 6.42 Å². The summed E-state index contributed by atoms with van der Waals surface area (Å²) in [5.41, 5.74) is -1.94. The summed E-state index contributed by atoms with van der Waals surface area (Å²) in [4.78, 5) is 47.2. The molecule has 2 aromatic heterocycles. The van der Waals surface area contributed by atoms with Gasteiger partial charge < -0.3 is 18.9 Å². The van der Waals surface area contributed by atoms with Crippen LogP contribution in [0.3, 0.4) is 0 Å². The van der Waals surface area contributed by atoms with E-state index in [-0.39, 0.29) is 35.5 Å². The highest BCUT2D eigenvalue weighted by Crippen LogP contribution is 2.46. The molecule has 41 heavy (non-hydrogen) atoms. The number of nitrogens with zero attached hydrogens (tertiary/aromatic N) is 3. The zero-order valence-corrected chi connectivity index (χ0v) is 24.4. The fourth-order valence-corrected chi connectivity index (χ4v) is 5.33. The smallest absolute Gasteiger partial charge is 0.346 e. The molecule has 1 unspecified atom stereocenters. The third kappa shape index (κ3) is 5.81. The number of carbonyl (C=O) groups is 3. The third-order valence-corrected chi connectivity index (χ3v) is 7.59. The second-order valence-electron chi connectivity index (χ2n) is 9.80. The minimum Gasteiger partial charge on any atom is -0.463 e. The zero-order valence-electron chi connectivity index (χ0n) is 22.9. The summed E-state index contributed by atoms with van der Waals surface area (Å²) in [5.74, 6) is 0.698. The van der Waals surface area contributed by atoms with E-state index < -0.39 is 47.2 Å². The highest BCUT2D eigenvalue weighted by Gasteiger charge is 2.57. The number of imidazole rings is 1. The number of hydrogen-bond acceptors (Lipinski definition) is 9. The van der Waals surface area contributed by atoms with Crippen LogP contribution in [0.15, 0.2) is 42.7 Å². The molecule has 0 bridgehead atoms. The van der Waals surface area contributed by atoms with Crippen molar-refractivity contribution >= 4 is 52.1 Å². The summed E-state index contributed by atoms with van der Waals surface area (Å²) in [6.07, 6.45) is 4.33. The van der Waals surface area contributed by atoms with Crippen molar-refractivity contribution in [1.82, 2.24) is 14.5 Å². The van der Waals surface area contributed by atoms with E-state index in [0.29, 0.717) is 11.1 Å². The number of pyridine rings is 1. The van der Waals surface area contributed by atoms with Crippen molar-refractivity contribution in [3.05, 3.63) is 58.5 Å². The number of benzene rings is 1. The molecule has 1 aliphatic rings. The van der Waals surface area contributed by atoms with Crippen LogP contribution in [0.5, 0.6) is 0 Å². The fraction of sp³-hybridized carbons (Fsp3) is 0.414. The molecular formula is C29H29Cl2N3O7. The van der Waals surface area contributed by atoms with Gasteiger partial charge in [-0.1, -0.05) is 59.5 Å². The van der Waals surface area contributed by atoms with Crippen LogP contribution in [0.4, 0.5) is 0 Å². The Labute approximate surface area is 247 Å². The van der Waals surface area contributed by atoms with Gasteiger partial charge in [0.15, 0.2) is 23.8 Å². The molecule has 5 atom stereocenters. The molecule has 1 aromatic carbocycles. The van der Waals surface area contributed by atoms with Gasteiger partial charge in [0.1, 0.15) is 16.8 Å². The van der Waals surface area contributed by atoms with Crippen molar-refractivity contribution in [3.8, 4) is 12.3 Å². The summed E-state index contributed by atoms with van der Waals surface area (Å²) in [7, 11) is 0. The number of esters is 2. The number of Topliss-reactive ketones (excluding diaryl/α,β-unsaturated/α-hetero) is 1. The van der Waals surface area contributed by atoms with Gasteiger partial charge >= 0.3 is 11.9 Å². The summed E-state index contributed by atoms with van der Waals surface area (Å²) in [6.45, 7) is 5.53. The van der Waals surface area contributed by atoms with Crippen LogP contribution >= 0.6 is 23.2 Å². The van der Waals surface area contributed by atoms with Crippen molar-refractivity contribution < 1.29 is 33.3 Å². The van der Waals surface area contributed by atoms with E-state index in [0.717, 1.165) is 0 Å². The number of halogens is 2. The number of ketones is 1. The van der Waals surface area contributed by atoms with E-state index in [1.54, 1.807) is 38.1 Å². The van der Waals surface area contributed by atoms with Crippen LogP contribution in [-0.2, 0) is 39.8 Å². The number of aromatic nitrogens is 3. The quantitative estimate of drug-likeness (QED) is 0.144. The first-order chi connectivity index (χ1) is 19.5. The zero-order chi connectivity index (χ0) is 29.9. The van der Waals surface area contributed by atoms with Gasteiger partial charge in [0, 0.05) is 13.3 Å². The van der Waals surface area contributed by atoms with Crippen LogP contribution in [0, 0.1) is 17.8 Å². The number of hydrogen-bond donors (Lipinski definition) is 0. The molecule has 216 valence electrons. The average Bonchev–Trinajstić information content (AvgIpc) is 3.46. The molecule has 1 saturated heterocycles. The lowest BCUT2D eigenvalue weighted by Crippen LogP contribution is -2.53. The van der Waals surface area contributed by atoms with Crippen molar-refractivity contribution in [2.24, 2.45) is 5.41 Å². The van der Waals surface area contributed by atoms with Crippen LogP contribution in [0.25, 0.3) is 11.2 Å². The predicted molar refractivity (Wildman–Crippen MR) is 150 cm³/mol. The summed E-state index contributed by atoms with van der Waals surface area (Å²) in [6, 6.07) is 10.4. The maximum absolute atomic E-state index is 13.3. The minimum atomic E-state index is -1.98. The Morgan fingerprint density at radius 3 is 2.54 bits per heavy atom. The number of terminal acetylenes is 1. The van der Waals surface area contributed by atoms with Crippen LogP contribution in [0.1, 0.15) is 39.5 Å². The standard InChI is InChI=1S/C29H29Cl2N3O7/c1-6-28(5)21(15-39-29(17(3)35,27(37)38-7-2)14-19-11-9-8-10-12-19)41-26(24(28)40-18(4)36)34-16-32-23-20(30)13-22(31)33-25(23)34/h1,8-13,16,21,24,26H,7,14-15H2,2-5H3/t21-,24+,26-,28+,29?/m1/s1. The Hall–Kier alpha value is -3.49. The van der Waals surface area contributed by atoms with Gasteiger partial charge in [-0.05, 0) is 32.4 Å². The van der Waals surface area contributed by atoms with E-state index in [9.17, 15) is 14.4 Å². The Balaban J connectivity index is 1.74. The molecule has 0 amide bonds. The minimum absolute atomic E-state index is 0.0381.